The standard InChI is InChI=1S/C25H20N4O3S2/c1-15-7-12-19-21(13-15)34-24(27-19)16-8-10-17(11-9-16)26-22(30)14-33-25-29-28-23(32-25)18-5-3-4-6-20(18)31-2/h3-13H,14H2,1-2H3,(H,26,30). The number of anilines is 1. The molecule has 0 aliphatic heterocycles. The molecule has 5 rings (SSSR count). The number of benzene rings is 3. The van der Waals surface area contributed by atoms with E-state index in [1.807, 2.05) is 54.6 Å². The summed E-state index contributed by atoms with van der Waals surface area (Å²) in [6.45, 7) is 2.08. The first-order valence-electron chi connectivity index (χ1n) is 10.5. The molecule has 0 unspecified atom stereocenters. The van der Waals surface area contributed by atoms with Crippen molar-refractivity contribution in [2.75, 3.05) is 18.2 Å². The van der Waals surface area contributed by atoms with Gasteiger partial charge < -0.3 is 14.5 Å². The van der Waals surface area contributed by atoms with Crippen molar-refractivity contribution in [3.05, 3.63) is 72.3 Å². The molecule has 0 fully saturated rings. The minimum absolute atomic E-state index is 0.145. The van der Waals surface area contributed by atoms with E-state index in [1.165, 1.54) is 22.0 Å². The minimum atomic E-state index is -0.162. The number of fused-ring (bicyclic) bond motifs is 1. The molecule has 9 heteroatoms. The average Bonchev–Trinajstić information content (AvgIpc) is 3.50. The predicted molar refractivity (Wildman–Crippen MR) is 135 cm³/mol. The van der Waals surface area contributed by atoms with Gasteiger partial charge in [-0.05, 0) is 61.0 Å². The van der Waals surface area contributed by atoms with Gasteiger partial charge in [0.05, 0.1) is 28.6 Å². The second kappa shape index (κ2) is 9.66. The minimum Gasteiger partial charge on any atom is -0.496 e. The number of nitrogens with zero attached hydrogens (tertiary/aromatic N) is 3. The van der Waals surface area contributed by atoms with E-state index in [-0.39, 0.29) is 11.7 Å². The Labute approximate surface area is 204 Å². The van der Waals surface area contributed by atoms with Crippen molar-refractivity contribution in [1.82, 2.24) is 15.2 Å². The van der Waals surface area contributed by atoms with Gasteiger partial charge in [0.1, 0.15) is 10.8 Å². The van der Waals surface area contributed by atoms with Gasteiger partial charge in [-0.2, -0.15) is 0 Å². The third kappa shape index (κ3) is 4.80. The maximum absolute atomic E-state index is 12.4. The fourth-order valence-electron chi connectivity index (χ4n) is 3.37. The number of carbonyl (C=O) groups is 1. The summed E-state index contributed by atoms with van der Waals surface area (Å²) >= 11 is 2.84. The Morgan fingerprint density at radius 3 is 2.74 bits per heavy atom. The van der Waals surface area contributed by atoms with Crippen LogP contribution in [0, 0.1) is 6.92 Å². The number of nitrogens with one attached hydrogen (secondary N) is 1. The molecule has 0 saturated carbocycles. The van der Waals surface area contributed by atoms with Crippen molar-refractivity contribution in [2.45, 2.75) is 12.1 Å². The van der Waals surface area contributed by atoms with E-state index >= 15 is 0 Å². The molecule has 0 radical (unpaired) electrons. The van der Waals surface area contributed by atoms with Crippen LogP contribution in [0.1, 0.15) is 5.56 Å². The predicted octanol–water partition coefficient (Wildman–Crippen LogP) is 6.06. The number of carbonyl (C=O) groups excluding carboxylic acids is 1. The Morgan fingerprint density at radius 2 is 1.91 bits per heavy atom. The van der Waals surface area contributed by atoms with E-state index < -0.39 is 0 Å². The lowest BCUT2D eigenvalue weighted by atomic mass is 10.2. The van der Waals surface area contributed by atoms with Crippen LogP contribution in [-0.2, 0) is 4.79 Å². The Morgan fingerprint density at radius 1 is 1.09 bits per heavy atom. The van der Waals surface area contributed by atoms with Gasteiger partial charge in [0.2, 0.25) is 5.91 Å². The number of para-hydroxylation sites is 1. The molecule has 0 atom stereocenters. The third-order valence-electron chi connectivity index (χ3n) is 5.03. The van der Waals surface area contributed by atoms with Gasteiger partial charge in [-0.3, -0.25) is 4.79 Å². The van der Waals surface area contributed by atoms with Gasteiger partial charge in [0.15, 0.2) is 0 Å². The van der Waals surface area contributed by atoms with Crippen LogP contribution in [0.5, 0.6) is 5.75 Å². The van der Waals surface area contributed by atoms with E-state index in [2.05, 4.69) is 34.6 Å². The molecule has 7 nitrogen and oxygen atoms in total. The van der Waals surface area contributed by atoms with Crippen molar-refractivity contribution < 1.29 is 13.9 Å². The van der Waals surface area contributed by atoms with Crippen molar-refractivity contribution in [3.63, 3.8) is 0 Å². The summed E-state index contributed by atoms with van der Waals surface area (Å²) < 4.78 is 12.2. The van der Waals surface area contributed by atoms with Crippen molar-refractivity contribution in [3.8, 4) is 27.8 Å². The zero-order valence-electron chi connectivity index (χ0n) is 18.4. The highest BCUT2D eigenvalue weighted by Crippen LogP contribution is 2.32. The number of hydrogen-bond acceptors (Lipinski definition) is 8. The number of thiazole rings is 1. The molecule has 0 saturated heterocycles. The summed E-state index contributed by atoms with van der Waals surface area (Å²) in [6.07, 6.45) is 0. The maximum atomic E-state index is 12.4. The first-order valence-corrected chi connectivity index (χ1v) is 12.3. The number of hydrogen-bond donors (Lipinski definition) is 1. The van der Waals surface area contributed by atoms with E-state index in [0.717, 1.165) is 16.1 Å². The molecule has 2 aromatic heterocycles. The number of aryl methyl sites for hydroxylation is 1. The van der Waals surface area contributed by atoms with Crippen LogP contribution in [0.25, 0.3) is 32.2 Å². The van der Waals surface area contributed by atoms with E-state index in [4.69, 9.17) is 14.1 Å². The number of aromatic nitrogens is 3. The lowest BCUT2D eigenvalue weighted by Gasteiger charge is -2.05. The van der Waals surface area contributed by atoms with Crippen molar-refractivity contribution >= 4 is 44.9 Å². The van der Waals surface area contributed by atoms with Crippen LogP contribution in [-0.4, -0.2) is 34.0 Å². The molecular formula is C25H20N4O3S2. The zero-order chi connectivity index (χ0) is 23.5. The second-order valence-corrected chi connectivity index (χ2v) is 9.44. The second-order valence-electron chi connectivity index (χ2n) is 7.48. The van der Waals surface area contributed by atoms with Gasteiger partial charge in [0.25, 0.3) is 11.1 Å². The summed E-state index contributed by atoms with van der Waals surface area (Å²) in [5.41, 5.74) is 4.65. The smallest absolute Gasteiger partial charge is 0.277 e. The summed E-state index contributed by atoms with van der Waals surface area (Å²) in [7, 11) is 1.58. The summed E-state index contributed by atoms with van der Waals surface area (Å²) in [5.74, 6) is 0.975. The molecule has 170 valence electrons. The Bertz CT molecular complexity index is 1460. The average molecular weight is 489 g/mol. The van der Waals surface area contributed by atoms with Crippen LogP contribution in [0.4, 0.5) is 5.69 Å². The number of methoxy groups -OCH3 is 1. The zero-order valence-corrected chi connectivity index (χ0v) is 20.1. The summed E-state index contributed by atoms with van der Waals surface area (Å²) in [5, 5.41) is 12.2. The van der Waals surface area contributed by atoms with Gasteiger partial charge in [0, 0.05) is 11.3 Å². The Balaban J connectivity index is 1.19. The maximum Gasteiger partial charge on any atom is 0.277 e. The summed E-state index contributed by atoms with van der Waals surface area (Å²) in [6, 6.07) is 21.3. The van der Waals surface area contributed by atoms with Crippen molar-refractivity contribution in [2.24, 2.45) is 0 Å². The molecule has 1 N–H and O–H groups in total. The molecule has 0 spiro atoms. The van der Waals surface area contributed by atoms with Gasteiger partial charge in [-0.25, -0.2) is 4.98 Å². The number of thioether (sulfide) groups is 1. The molecule has 0 aliphatic carbocycles. The fourth-order valence-corrected chi connectivity index (χ4v) is 5.01. The fraction of sp³-hybridized carbons (Fsp3) is 0.120. The lowest BCUT2D eigenvalue weighted by molar-refractivity contribution is -0.113. The van der Waals surface area contributed by atoms with Crippen LogP contribution >= 0.6 is 23.1 Å². The van der Waals surface area contributed by atoms with Crippen LogP contribution in [0.3, 0.4) is 0 Å². The quantitative estimate of drug-likeness (QED) is 0.278. The molecule has 2 heterocycles. The number of ether oxygens (including phenoxy) is 1. The Kier molecular flexibility index (Phi) is 6.29. The topological polar surface area (TPSA) is 90.1 Å². The molecule has 5 aromatic rings. The number of rotatable bonds is 7. The molecule has 3 aromatic carbocycles. The lowest BCUT2D eigenvalue weighted by Crippen LogP contribution is -2.13. The third-order valence-corrected chi connectivity index (χ3v) is 6.92. The van der Waals surface area contributed by atoms with Gasteiger partial charge in [-0.1, -0.05) is 30.0 Å². The van der Waals surface area contributed by atoms with Gasteiger partial charge in [-0.15, -0.1) is 21.5 Å². The normalized spacial score (nSPS) is 11.0. The highest BCUT2D eigenvalue weighted by atomic mass is 32.2. The molecule has 0 bridgehead atoms. The summed E-state index contributed by atoms with van der Waals surface area (Å²) in [4.78, 5) is 17.1. The van der Waals surface area contributed by atoms with E-state index in [1.54, 1.807) is 18.4 Å². The van der Waals surface area contributed by atoms with E-state index in [9.17, 15) is 4.79 Å². The first-order chi connectivity index (χ1) is 16.6. The highest BCUT2D eigenvalue weighted by molar-refractivity contribution is 7.99. The molecular weight excluding hydrogens is 468 g/mol. The highest BCUT2D eigenvalue weighted by Gasteiger charge is 2.15. The monoisotopic (exact) mass is 488 g/mol. The van der Waals surface area contributed by atoms with E-state index in [0.29, 0.717) is 28.1 Å². The number of amides is 1. The molecule has 0 aliphatic rings. The Hall–Kier alpha value is -3.69. The van der Waals surface area contributed by atoms with Crippen LogP contribution in [0.2, 0.25) is 0 Å². The SMILES string of the molecule is COc1ccccc1-c1nnc(SCC(=O)Nc2ccc(-c3nc4ccc(C)cc4s3)cc2)o1. The van der Waals surface area contributed by atoms with Crippen LogP contribution in [0.15, 0.2) is 76.4 Å². The van der Waals surface area contributed by atoms with Crippen molar-refractivity contribution in [1.29, 1.82) is 0 Å². The molecule has 34 heavy (non-hydrogen) atoms. The van der Waals surface area contributed by atoms with Gasteiger partial charge >= 0.3 is 0 Å². The molecule has 1 amide bonds. The van der Waals surface area contributed by atoms with Crippen LogP contribution < -0.4 is 10.1 Å². The largest absolute Gasteiger partial charge is 0.496 e. The first kappa shape index (κ1) is 22.1.